The Balaban J connectivity index is 2.12. The van der Waals surface area contributed by atoms with E-state index in [2.05, 4.69) is 26.6 Å². The largest absolute Gasteiger partial charge is 0.771 e. The molecule has 1 atom stereocenters. The van der Waals surface area contributed by atoms with E-state index in [1.54, 1.807) is 12.1 Å². The van der Waals surface area contributed by atoms with Crippen molar-refractivity contribution >= 4 is 38.6 Å². The standard InChI is InChI=1S/C14H19BrN2O3S/c15-10-6-7-12(14(18)16-9-21(19)20)13(8-10)17-11-4-2-1-3-5-11/h6-8,11,17H,1-5,9H2,(H,16,18)(H,19,20)/p-1. The third kappa shape index (κ3) is 5.09. The van der Waals surface area contributed by atoms with E-state index in [1.165, 1.54) is 19.3 Å². The normalized spacial score (nSPS) is 17.2. The lowest BCUT2D eigenvalue weighted by atomic mass is 9.95. The molecular formula is C14H18BrN2O3S-. The fourth-order valence-corrected chi connectivity index (χ4v) is 3.13. The highest BCUT2D eigenvalue weighted by Gasteiger charge is 2.17. The molecular weight excluding hydrogens is 356 g/mol. The molecule has 5 nitrogen and oxygen atoms in total. The minimum absolute atomic E-state index is 0.369. The Hall–Kier alpha value is -0.920. The maximum absolute atomic E-state index is 12.1. The van der Waals surface area contributed by atoms with Crippen LogP contribution in [-0.2, 0) is 11.1 Å². The van der Waals surface area contributed by atoms with Crippen LogP contribution in [-0.4, -0.2) is 26.6 Å². The molecule has 0 bridgehead atoms. The predicted octanol–water partition coefficient (Wildman–Crippen LogP) is 2.76. The van der Waals surface area contributed by atoms with Gasteiger partial charge in [-0.05, 0) is 42.1 Å². The molecule has 0 spiro atoms. The van der Waals surface area contributed by atoms with Crippen LogP contribution in [0.2, 0.25) is 0 Å². The Morgan fingerprint density at radius 1 is 1.33 bits per heavy atom. The van der Waals surface area contributed by atoms with E-state index in [0.717, 1.165) is 23.0 Å². The first-order chi connectivity index (χ1) is 10.1. The van der Waals surface area contributed by atoms with Gasteiger partial charge in [-0.2, -0.15) is 0 Å². The number of benzene rings is 1. The van der Waals surface area contributed by atoms with Crippen LogP contribution >= 0.6 is 15.9 Å². The van der Waals surface area contributed by atoms with Crippen molar-refractivity contribution in [3.8, 4) is 0 Å². The van der Waals surface area contributed by atoms with Crippen molar-refractivity contribution in [2.75, 3.05) is 11.2 Å². The van der Waals surface area contributed by atoms with Crippen molar-refractivity contribution in [2.24, 2.45) is 0 Å². The van der Waals surface area contributed by atoms with E-state index in [0.29, 0.717) is 11.6 Å². The highest BCUT2D eigenvalue weighted by Crippen LogP contribution is 2.26. The second kappa shape index (κ2) is 7.91. The molecule has 1 aromatic rings. The van der Waals surface area contributed by atoms with Crippen LogP contribution in [0.25, 0.3) is 0 Å². The molecule has 0 aliphatic heterocycles. The maximum atomic E-state index is 12.1. The number of carbonyl (C=O) groups excluding carboxylic acids is 1. The van der Waals surface area contributed by atoms with E-state index in [-0.39, 0.29) is 11.8 Å². The van der Waals surface area contributed by atoms with Gasteiger partial charge in [0.05, 0.1) is 11.4 Å². The van der Waals surface area contributed by atoms with Crippen LogP contribution in [0.3, 0.4) is 0 Å². The third-order valence-electron chi connectivity index (χ3n) is 3.54. The summed E-state index contributed by atoms with van der Waals surface area (Å²) in [4.78, 5) is 12.1. The summed E-state index contributed by atoms with van der Waals surface area (Å²) in [6.45, 7) is 0. The minimum atomic E-state index is -2.29. The van der Waals surface area contributed by atoms with Crippen LogP contribution in [0, 0.1) is 0 Å². The Morgan fingerprint density at radius 3 is 2.71 bits per heavy atom. The lowest BCUT2D eigenvalue weighted by Gasteiger charge is -2.25. The third-order valence-corrected chi connectivity index (χ3v) is 4.41. The molecule has 1 aromatic carbocycles. The van der Waals surface area contributed by atoms with E-state index in [4.69, 9.17) is 0 Å². The van der Waals surface area contributed by atoms with Gasteiger partial charge in [-0.3, -0.25) is 9.00 Å². The smallest absolute Gasteiger partial charge is 0.254 e. The Kier molecular flexibility index (Phi) is 6.20. The average Bonchev–Trinajstić information content (AvgIpc) is 2.46. The molecule has 0 heterocycles. The van der Waals surface area contributed by atoms with Gasteiger partial charge >= 0.3 is 0 Å². The lowest BCUT2D eigenvalue weighted by Crippen LogP contribution is -2.29. The predicted molar refractivity (Wildman–Crippen MR) is 85.9 cm³/mol. The van der Waals surface area contributed by atoms with Crippen LogP contribution in [0.1, 0.15) is 42.5 Å². The van der Waals surface area contributed by atoms with E-state index < -0.39 is 11.1 Å². The van der Waals surface area contributed by atoms with Gasteiger partial charge in [-0.15, -0.1) is 0 Å². The lowest BCUT2D eigenvalue weighted by molar-refractivity contribution is 0.0960. The zero-order valence-electron chi connectivity index (χ0n) is 11.6. The number of amides is 1. The van der Waals surface area contributed by atoms with Gasteiger partial charge < -0.3 is 15.2 Å². The molecule has 116 valence electrons. The number of hydrogen-bond donors (Lipinski definition) is 2. The summed E-state index contributed by atoms with van der Waals surface area (Å²) in [5.74, 6) is -0.761. The highest BCUT2D eigenvalue weighted by atomic mass is 79.9. The second-order valence-corrected chi connectivity index (χ2v) is 6.93. The van der Waals surface area contributed by atoms with Crippen LogP contribution in [0.4, 0.5) is 5.69 Å². The van der Waals surface area contributed by atoms with E-state index in [1.807, 2.05) is 6.07 Å². The molecule has 2 rings (SSSR count). The van der Waals surface area contributed by atoms with Crippen molar-refractivity contribution in [1.82, 2.24) is 5.32 Å². The number of carbonyl (C=O) groups is 1. The van der Waals surface area contributed by atoms with Gasteiger partial charge in [0.15, 0.2) is 0 Å². The number of rotatable bonds is 5. The number of nitrogens with one attached hydrogen (secondary N) is 2. The van der Waals surface area contributed by atoms with Crippen molar-refractivity contribution in [2.45, 2.75) is 38.1 Å². The molecule has 7 heteroatoms. The molecule has 0 saturated heterocycles. The van der Waals surface area contributed by atoms with Crippen molar-refractivity contribution in [3.63, 3.8) is 0 Å². The van der Waals surface area contributed by atoms with E-state index >= 15 is 0 Å². The zero-order chi connectivity index (χ0) is 15.2. The highest BCUT2D eigenvalue weighted by molar-refractivity contribution is 9.10. The molecule has 1 fully saturated rings. The van der Waals surface area contributed by atoms with Crippen LogP contribution in [0.15, 0.2) is 22.7 Å². The molecule has 1 saturated carbocycles. The topological polar surface area (TPSA) is 81.3 Å². The van der Waals surface area contributed by atoms with Crippen LogP contribution < -0.4 is 10.6 Å². The van der Waals surface area contributed by atoms with E-state index in [9.17, 15) is 13.6 Å². The molecule has 1 unspecified atom stereocenters. The fourth-order valence-electron chi connectivity index (χ4n) is 2.52. The van der Waals surface area contributed by atoms with Gasteiger partial charge in [0.2, 0.25) is 0 Å². The summed E-state index contributed by atoms with van der Waals surface area (Å²) in [5.41, 5.74) is 1.21. The fraction of sp³-hybridized carbons (Fsp3) is 0.500. The molecule has 1 amide bonds. The summed E-state index contributed by atoms with van der Waals surface area (Å²) in [7, 11) is 0. The minimum Gasteiger partial charge on any atom is -0.771 e. The summed E-state index contributed by atoms with van der Waals surface area (Å²) >= 11 is 1.11. The van der Waals surface area contributed by atoms with Crippen molar-refractivity contribution in [3.05, 3.63) is 28.2 Å². The van der Waals surface area contributed by atoms with Gasteiger partial charge in [0.25, 0.3) is 5.91 Å². The first-order valence-electron chi connectivity index (χ1n) is 6.96. The molecule has 21 heavy (non-hydrogen) atoms. The van der Waals surface area contributed by atoms with Gasteiger partial charge in [-0.1, -0.05) is 35.2 Å². The second-order valence-electron chi connectivity index (χ2n) is 5.12. The first-order valence-corrected chi connectivity index (χ1v) is 9.00. The van der Waals surface area contributed by atoms with Crippen molar-refractivity contribution in [1.29, 1.82) is 0 Å². The summed E-state index contributed by atoms with van der Waals surface area (Å²) < 4.78 is 22.0. The van der Waals surface area contributed by atoms with Gasteiger partial charge in [0, 0.05) is 16.2 Å². The quantitative estimate of drug-likeness (QED) is 0.777. The molecule has 1 aliphatic rings. The summed E-state index contributed by atoms with van der Waals surface area (Å²) in [6, 6.07) is 5.69. The Labute approximate surface area is 135 Å². The molecule has 1 aliphatic carbocycles. The monoisotopic (exact) mass is 373 g/mol. The summed E-state index contributed by atoms with van der Waals surface area (Å²) in [6.07, 6.45) is 5.85. The molecule has 0 aromatic heterocycles. The zero-order valence-corrected chi connectivity index (χ0v) is 14.0. The number of halogens is 1. The molecule has 2 N–H and O–H groups in total. The molecule has 0 radical (unpaired) electrons. The number of anilines is 1. The Bertz CT molecular complexity index is 533. The average molecular weight is 374 g/mol. The van der Waals surface area contributed by atoms with Gasteiger partial charge in [-0.25, -0.2) is 0 Å². The maximum Gasteiger partial charge on any atom is 0.254 e. The summed E-state index contributed by atoms with van der Waals surface area (Å²) in [5, 5.41) is 5.80. The van der Waals surface area contributed by atoms with Crippen molar-refractivity contribution < 1.29 is 13.6 Å². The SMILES string of the molecule is O=C(NCS(=O)[O-])c1ccc(Br)cc1NC1CCCCC1. The van der Waals surface area contributed by atoms with Crippen LogP contribution in [0.5, 0.6) is 0 Å². The number of hydrogen-bond acceptors (Lipinski definition) is 4. The Morgan fingerprint density at radius 2 is 2.05 bits per heavy atom. The van der Waals surface area contributed by atoms with Gasteiger partial charge in [0.1, 0.15) is 0 Å². The first kappa shape index (κ1) is 16.5.